The van der Waals surface area contributed by atoms with Gasteiger partial charge in [-0.3, -0.25) is 4.79 Å². The van der Waals surface area contributed by atoms with Crippen LogP contribution in [0.15, 0.2) is 42.5 Å². The molecule has 0 fully saturated rings. The highest BCUT2D eigenvalue weighted by Gasteiger charge is 2.26. The van der Waals surface area contributed by atoms with Gasteiger partial charge in [0.1, 0.15) is 0 Å². The largest absolute Gasteiger partial charge is 0.494 e. The molecule has 1 aliphatic heterocycles. The van der Waals surface area contributed by atoms with Gasteiger partial charge in [-0.1, -0.05) is 30.3 Å². The summed E-state index contributed by atoms with van der Waals surface area (Å²) in [7, 11) is 3.17. The molecule has 0 saturated carbocycles. The molecule has 2 aromatic rings. The topological polar surface area (TPSA) is 41.6 Å². The van der Waals surface area contributed by atoms with Crippen LogP contribution in [0.4, 0.5) is 4.39 Å². The Balaban J connectivity index is 1.66. The second-order valence-corrected chi connectivity index (χ2v) is 6.07. The summed E-state index contributed by atoms with van der Waals surface area (Å²) in [5, 5.41) is 3.29. The van der Waals surface area contributed by atoms with Crippen LogP contribution in [0.1, 0.15) is 16.7 Å². The van der Waals surface area contributed by atoms with Crippen LogP contribution in [0.3, 0.4) is 0 Å². The number of halogens is 1. The van der Waals surface area contributed by atoms with Crippen molar-refractivity contribution in [3.05, 3.63) is 65.0 Å². The molecule has 24 heavy (non-hydrogen) atoms. The minimum absolute atomic E-state index is 0.0146. The molecule has 1 heterocycles. The summed E-state index contributed by atoms with van der Waals surface area (Å²) in [6.45, 7) is 1.05. The quantitative estimate of drug-likeness (QED) is 0.938. The third-order valence-corrected chi connectivity index (χ3v) is 4.39. The van der Waals surface area contributed by atoms with Crippen molar-refractivity contribution in [2.45, 2.75) is 25.6 Å². The highest BCUT2D eigenvalue weighted by molar-refractivity contribution is 5.82. The first kappa shape index (κ1) is 16.5. The summed E-state index contributed by atoms with van der Waals surface area (Å²) in [5.74, 6) is -0.195. The Bertz CT molecular complexity index is 748. The molecule has 0 spiro atoms. The Morgan fingerprint density at radius 1 is 1.29 bits per heavy atom. The lowest BCUT2D eigenvalue weighted by molar-refractivity contribution is -0.132. The van der Waals surface area contributed by atoms with Crippen molar-refractivity contribution in [3.8, 4) is 5.75 Å². The van der Waals surface area contributed by atoms with Gasteiger partial charge in [0.25, 0.3) is 0 Å². The summed E-state index contributed by atoms with van der Waals surface area (Å²) < 4.78 is 18.7. The third kappa shape index (κ3) is 3.41. The van der Waals surface area contributed by atoms with Gasteiger partial charge in [0.15, 0.2) is 11.6 Å². The molecule has 3 rings (SSSR count). The molecule has 126 valence electrons. The number of carbonyl (C=O) groups excluding carboxylic acids is 1. The number of rotatable bonds is 4. The van der Waals surface area contributed by atoms with Crippen molar-refractivity contribution in [3.63, 3.8) is 0 Å². The first-order valence-corrected chi connectivity index (χ1v) is 7.96. The minimum Gasteiger partial charge on any atom is -0.494 e. The molecule has 0 saturated heterocycles. The van der Waals surface area contributed by atoms with E-state index < -0.39 is 5.82 Å². The summed E-state index contributed by atoms with van der Waals surface area (Å²) in [4.78, 5) is 14.3. The van der Waals surface area contributed by atoms with E-state index >= 15 is 0 Å². The lowest BCUT2D eigenvalue weighted by Gasteiger charge is -2.29. The number of benzene rings is 2. The molecule has 1 aliphatic rings. The zero-order valence-electron chi connectivity index (χ0n) is 13.9. The molecule has 1 amide bonds. The predicted molar refractivity (Wildman–Crippen MR) is 90.2 cm³/mol. The van der Waals surface area contributed by atoms with Gasteiger partial charge in [0, 0.05) is 20.1 Å². The van der Waals surface area contributed by atoms with E-state index in [1.165, 1.54) is 24.3 Å². The summed E-state index contributed by atoms with van der Waals surface area (Å²) in [6, 6.07) is 12.7. The van der Waals surface area contributed by atoms with Crippen LogP contribution in [0.2, 0.25) is 0 Å². The van der Waals surface area contributed by atoms with Crippen LogP contribution in [-0.4, -0.2) is 31.0 Å². The molecule has 0 aromatic heterocycles. The highest BCUT2D eigenvalue weighted by atomic mass is 19.1. The molecule has 5 heteroatoms. The lowest BCUT2D eigenvalue weighted by atomic mass is 9.95. The van der Waals surface area contributed by atoms with Crippen LogP contribution in [0.25, 0.3) is 0 Å². The monoisotopic (exact) mass is 328 g/mol. The molecular formula is C19H21FN2O2. The number of hydrogen-bond donors (Lipinski definition) is 1. The Morgan fingerprint density at radius 2 is 2.04 bits per heavy atom. The van der Waals surface area contributed by atoms with E-state index in [0.29, 0.717) is 19.5 Å². The van der Waals surface area contributed by atoms with Crippen LogP contribution >= 0.6 is 0 Å². The molecule has 1 atom stereocenters. The van der Waals surface area contributed by atoms with Crippen molar-refractivity contribution in [2.75, 3.05) is 14.2 Å². The number of amides is 1. The van der Waals surface area contributed by atoms with Gasteiger partial charge in [0.2, 0.25) is 5.91 Å². The highest BCUT2D eigenvalue weighted by Crippen LogP contribution is 2.20. The maximum Gasteiger partial charge on any atom is 0.240 e. The number of carbonyl (C=O) groups is 1. The Labute approximate surface area is 141 Å². The van der Waals surface area contributed by atoms with Crippen LogP contribution < -0.4 is 10.1 Å². The van der Waals surface area contributed by atoms with Crippen molar-refractivity contribution < 1.29 is 13.9 Å². The zero-order valence-corrected chi connectivity index (χ0v) is 13.9. The number of nitrogens with zero attached hydrogens (tertiary/aromatic N) is 1. The Kier molecular flexibility index (Phi) is 4.81. The Morgan fingerprint density at radius 3 is 2.75 bits per heavy atom. The number of ether oxygens (including phenoxy) is 1. The normalized spacial score (nSPS) is 16.4. The second kappa shape index (κ2) is 7.01. The first-order chi connectivity index (χ1) is 11.6. The fourth-order valence-electron chi connectivity index (χ4n) is 3.05. The second-order valence-electron chi connectivity index (χ2n) is 6.07. The molecule has 0 bridgehead atoms. The lowest BCUT2D eigenvalue weighted by Crippen LogP contribution is -2.48. The van der Waals surface area contributed by atoms with Crippen LogP contribution in [0.5, 0.6) is 5.75 Å². The summed E-state index contributed by atoms with van der Waals surface area (Å²) >= 11 is 0. The molecule has 0 aliphatic carbocycles. The van der Waals surface area contributed by atoms with Gasteiger partial charge in [-0.2, -0.15) is 0 Å². The first-order valence-electron chi connectivity index (χ1n) is 7.96. The molecule has 0 radical (unpaired) electrons. The van der Waals surface area contributed by atoms with E-state index in [1.807, 2.05) is 12.1 Å². The smallest absolute Gasteiger partial charge is 0.240 e. The number of hydrogen-bond acceptors (Lipinski definition) is 3. The standard InChI is InChI=1S/C19H21FN2O2/c1-22(12-13-7-8-18(24-2)16(20)9-13)19(23)17-10-14-5-3-4-6-15(14)11-21-17/h3-9,17,21H,10-12H2,1-2H3/t17-/m0/s1. The van der Waals surface area contributed by atoms with Gasteiger partial charge in [-0.15, -0.1) is 0 Å². The number of nitrogens with one attached hydrogen (secondary N) is 1. The SMILES string of the molecule is COc1ccc(CN(C)C(=O)[C@@H]2Cc3ccccc3CN2)cc1F. The van der Waals surface area contributed by atoms with Gasteiger partial charge in [0.05, 0.1) is 13.2 Å². The number of methoxy groups -OCH3 is 1. The molecular weight excluding hydrogens is 307 g/mol. The number of fused-ring (bicyclic) bond motifs is 1. The summed E-state index contributed by atoms with van der Waals surface area (Å²) in [6.07, 6.45) is 0.677. The van der Waals surface area contributed by atoms with Gasteiger partial charge in [-0.25, -0.2) is 4.39 Å². The maximum atomic E-state index is 13.8. The van der Waals surface area contributed by atoms with Gasteiger partial charge < -0.3 is 15.0 Å². The van der Waals surface area contributed by atoms with Crippen molar-refractivity contribution in [1.82, 2.24) is 10.2 Å². The third-order valence-electron chi connectivity index (χ3n) is 4.39. The van der Waals surface area contributed by atoms with E-state index in [0.717, 1.165) is 5.56 Å². The van der Waals surface area contributed by atoms with E-state index in [2.05, 4.69) is 17.4 Å². The summed E-state index contributed by atoms with van der Waals surface area (Å²) in [5.41, 5.74) is 3.18. The molecule has 2 aromatic carbocycles. The Hall–Kier alpha value is -2.40. The van der Waals surface area contributed by atoms with E-state index in [1.54, 1.807) is 24.1 Å². The van der Waals surface area contributed by atoms with Crippen molar-refractivity contribution in [2.24, 2.45) is 0 Å². The molecule has 1 N–H and O–H groups in total. The van der Waals surface area contributed by atoms with Crippen LogP contribution in [0, 0.1) is 5.82 Å². The van der Waals surface area contributed by atoms with E-state index in [-0.39, 0.29) is 17.7 Å². The van der Waals surface area contributed by atoms with Gasteiger partial charge >= 0.3 is 0 Å². The minimum atomic E-state index is -0.416. The predicted octanol–water partition coefficient (Wildman–Crippen LogP) is 2.51. The van der Waals surface area contributed by atoms with Gasteiger partial charge in [-0.05, 0) is 35.2 Å². The van der Waals surface area contributed by atoms with Crippen molar-refractivity contribution in [1.29, 1.82) is 0 Å². The van der Waals surface area contributed by atoms with Crippen LogP contribution in [-0.2, 0) is 24.3 Å². The molecule has 4 nitrogen and oxygen atoms in total. The van der Waals surface area contributed by atoms with E-state index in [9.17, 15) is 9.18 Å². The average molecular weight is 328 g/mol. The number of likely N-dealkylation sites (N-methyl/N-ethyl adjacent to an activating group) is 1. The fraction of sp³-hybridized carbons (Fsp3) is 0.316. The van der Waals surface area contributed by atoms with E-state index in [4.69, 9.17) is 4.74 Å². The zero-order chi connectivity index (χ0) is 17.1. The maximum absolute atomic E-state index is 13.8. The average Bonchev–Trinajstić information content (AvgIpc) is 2.60. The molecule has 0 unspecified atom stereocenters. The fourth-order valence-corrected chi connectivity index (χ4v) is 3.05. The van der Waals surface area contributed by atoms with Crippen molar-refractivity contribution >= 4 is 5.91 Å².